The van der Waals surface area contributed by atoms with Crippen molar-refractivity contribution in [2.75, 3.05) is 31.3 Å². The molecule has 64 heavy (non-hydrogen) atoms. The molecule has 1 unspecified atom stereocenters. The van der Waals surface area contributed by atoms with Crippen LogP contribution in [0.3, 0.4) is 0 Å². The molecule has 2 saturated carbocycles. The molecule has 1 N–H and O–H groups in total. The van der Waals surface area contributed by atoms with E-state index in [2.05, 4.69) is 98.8 Å². The Balaban J connectivity index is 0.000000193. The Kier molecular flexibility index (Phi) is 20.0. The molecule has 5 aliphatic rings. The fraction of sp³-hybridized carbons (Fsp3) is 0.455. The lowest BCUT2D eigenvalue weighted by Gasteiger charge is -2.26. The standard InChI is InChI=1S/C29H36O2S.C24H28OS.2CO2/c1-21-14-15-24-23(19-21)20-26(29(24)22-9-3-2-4-10-22)25-11-5-6-12-27(25)32-18-17-31-28-13-7-8-16-30-28;1-17-11-12-20-19(15-17)16-22(24(20)18-7-3-2-4-8-18)21-9-5-6-10-23(21)26-14-13-25;2*2-1-3/h5-6,11-12,14-15,19,22,28H,2-4,7-10,13,16-18,20H2,1H3;5-6,9-12,15,18,25H,2-4,7-8,13-14,16H2,1H3;;. The van der Waals surface area contributed by atoms with Crippen molar-refractivity contribution in [2.45, 2.75) is 126 Å². The zero-order chi connectivity index (χ0) is 45.1. The molecule has 1 saturated heterocycles. The van der Waals surface area contributed by atoms with Gasteiger partial charge in [-0.05, 0) is 151 Å². The van der Waals surface area contributed by atoms with E-state index in [1.807, 2.05) is 11.8 Å². The van der Waals surface area contributed by atoms with Gasteiger partial charge in [0, 0.05) is 27.9 Å². The molecule has 4 aromatic rings. The Hall–Kier alpha value is -4.30. The largest absolute Gasteiger partial charge is 0.396 e. The van der Waals surface area contributed by atoms with Gasteiger partial charge in [0.15, 0.2) is 6.29 Å². The number of ether oxygens (including phenoxy) is 2. The predicted octanol–water partition coefficient (Wildman–Crippen LogP) is 12.6. The lowest BCUT2D eigenvalue weighted by atomic mass is 9.79. The second kappa shape index (κ2) is 26.0. The number of aryl methyl sites for hydroxylation is 2. The zero-order valence-electron chi connectivity index (χ0n) is 37.7. The summed E-state index contributed by atoms with van der Waals surface area (Å²) in [5.74, 6) is 3.15. The van der Waals surface area contributed by atoms with Crippen molar-refractivity contribution in [1.29, 1.82) is 0 Å². The molecule has 1 atom stereocenters. The third-order valence-corrected chi connectivity index (χ3v) is 15.2. The Bertz CT molecular complexity index is 2250. The molecular weight excluding hydrogens is 837 g/mol. The highest BCUT2D eigenvalue weighted by Gasteiger charge is 2.32. The van der Waals surface area contributed by atoms with Gasteiger partial charge in [-0.1, -0.05) is 122 Å². The molecule has 0 amide bonds. The van der Waals surface area contributed by atoms with Crippen LogP contribution in [0.5, 0.6) is 0 Å². The Labute approximate surface area is 388 Å². The molecule has 3 fully saturated rings. The summed E-state index contributed by atoms with van der Waals surface area (Å²) < 4.78 is 11.7. The van der Waals surface area contributed by atoms with Crippen molar-refractivity contribution in [1.82, 2.24) is 0 Å². The van der Waals surface area contributed by atoms with Crippen LogP contribution in [0.4, 0.5) is 0 Å². The molecule has 9 rings (SSSR count). The average Bonchev–Trinajstić information content (AvgIpc) is 3.90. The second-order valence-corrected chi connectivity index (χ2v) is 19.6. The highest BCUT2D eigenvalue weighted by atomic mass is 32.2. The Morgan fingerprint density at radius 2 is 1.03 bits per heavy atom. The van der Waals surface area contributed by atoms with Gasteiger partial charge in [-0.3, -0.25) is 0 Å². The minimum absolute atomic E-state index is 0.00720. The van der Waals surface area contributed by atoms with E-state index in [9.17, 15) is 5.11 Å². The normalized spacial score (nSPS) is 18.3. The number of carbonyl (C=O) groups excluding carboxylic acids is 4. The molecule has 1 heterocycles. The minimum Gasteiger partial charge on any atom is -0.396 e. The number of hydrogen-bond acceptors (Lipinski definition) is 9. The summed E-state index contributed by atoms with van der Waals surface area (Å²) >= 11 is 3.72. The molecule has 9 heteroatoms. The number of hydrogen-bond donors (Lipinski definition) is 1. The molecule has 7 nitrogen and oxygen atoms in total. The molecule has 0 bridgehead atoms. The number of fused-ring (bicyclic) bond motifs is 2. The molecule has 0 spiro atoms. The monoisotopic (exact) mass is 900 g/mol. The van der Waals surface area contributed by atoms with E-state index in [4.69, 9.17) is 28.7 Å². The predicted molar refractivity (Wildman–Crippen MR) is 258 cm³/mol. The number of thioether (sulfide) groups is 2. The van der Waals surface area contributed by atoms with Crippen LogP contribution in [0.1, 0.15) is 128 Å². The highest BCUT2D eigenvalue weighted by molar-refractivity contribution is 7.99. The van der Waals surface area contributed by atoms with Crippen LogP contribution in [0.2, 0.25) is 0 Å². The first kappa shape index (κ1) is 49.1. The maximum Gasteiger partial charge on any atom is 0.373 e. The van der Waals surface area contributed by atoms with Gasteiger partial charge in [0.05, 0.1) is 13.2 Å². The van der Waals surface area contributed by atoms with Crippen LogP contribution in [-0.4, -0.2) is 55.0 Å². The number of rotatable bonds is 12. The maximum absolute atomic E-state index is 9.28. The summed E-state index contributed by atoms with van der Waals surface area (Å²) in [7, 11) is 0. The van der Waals surface area contributed by atoms with E-state index in [1.54, 1.807) is 34.1 Å². The lowest BCUT2D eigenvalue weighted by Crippen LogP contribution is -2.23. The average molecular weight is 901 g/mol. The topological polar surface area (TPSA) is 107 Å². The van der Waals surface area contributed by atoms with Crippen LogP contribution in [0.15, 0.2) is 94.7 Å². The van der Waals surface area contributed by atoms with E-state index in [1.165, 1.54) is 131 Å². The van der Waals surface area contributed by atoms with Gasteiger partial charge in [-0.15, -0.1) is 23.5 Å². The van der Waals surface area contributed by atoms with E-state index >= 15 is 0 Å². The van der Waals surface area contributed by atoms with Crippen molar-refractivity contribution in [3.8, 4) is 0 Å². The molecular formula is C55H64O7S2. The van der Waals surface area contributed by atoms with E-state index in [-0.39, 0.29) is 25.2 Å². The van der Waals surface area contributed by atoms with Gasteiger partial charge in [0.2, 0.25) is 0 Å². The summed E-state index contributed by atoms with van der Waals surface area (Å²) in [5.41, 5.74) is 18.0. The minimum atomic E-state index is 0.00720. The van der Waals surface area contributed by atoms with Gasteiger partial charge in [0.1, 0.15) is 0 Å². The van der Waals surface area contributed by atoms with Gasteiger partial charge in [-0.25, -0.2) is 0 Å². The molecule has 1 aliphatic heterocycles. The van der Waals surface area contributed by atoms with Crippen LogP contribution in [-0.2, 0) is 41.5 Å². The Morgan fingerprint density at radius 3 is 1.48 bits per heavy atom. The first-order chi connectivity index (χ1) is 31.4. The zero-order valence-corrected chi connectivity index (χ0v) is 39.3. The number of aliphatic hydroxyl groups excluding tert-OH is 1. The van der Waals surface area contributed by atoms with Crippen molar-refractivity contribution < 1.29 is 33.8 Å². The summed E-state index contributed by atoms with van der Waals surface area (Å²) in [5, 5.41) is 9.28. The van der Waals surface area contributed by atoms with Crippen LogP contribution in [0, 0.1) is 25.7 Å². The van der Waals surface area contributed by atoms with Crippen LogP contribution < -0.4 is 0 Å². The van der Waals surface area contributed by atoms with Crippen LogP contribution in [0.25, 0.3) is 22.3 Å². The third kappa shape index (κ3) is 13.2. The summed E-state index contributed by atoms with van der Waals surface area (Å²) in [6.45, 7) is 6.24. The van der Waals surface area contributed by atoms with E-state index in [0.717, 1.165) is 44.0 Å². The van der Waals surface area contributed by atoms with Gasteiger partial charge in [0.25, 0.3) is 0 Å². The molecule has 338 valence electrons. The molecule has 4 aliphatic carbocycles. The van der Waals surface area contributed by atoms with E-state index in [0.29, 0.717) is 11.8 Å². The highest BCUT2D eigenvalue weighted by Crippen LogP contribution is 2.50. The fourth-order valence-corrected chi connectivity index (χ4v) is 12.1. The Morgan fingerprint density at radius 1 is 0.578 bits per heavy atom. The smallest absolute Gasteiger partial charge is 0.373 e. The first-order valence-electron chi connectivity index (χ1n) is 23.3. The van der Waals surface area contributed by atoms with Crippen molar-refractivity contribution in [3.05, 3.63) is 129 Å². The quantitative estimate of drug-likeness (QED) is 0.110. The molecule has 0 radical (unpaired) electrons. The molecule has 0 aromatic heterocycles. The second-order valence-electron chi connectivity index (χ2n) is 17.4. The summed E-state index contributed by atoms with van der Waals surface area (Å²) in [6, 6.07) is 32.0. The van der Waals surface area contributed by atoms with Crippen molar-refractivity contribution >= 4 is 58.1 Å². The first-order valence-corrected chi connectivity index (χ1v) is 25.3. The summed E-state index contributed by atoms with van der Waals surface area (Å²) in [6.07, 6.45) is 19.7. The number of allylic oxidation sites excluding steroid dienone is 4. The van der Waals surface area contributed by atoms with Gasteiger partial charge in [-0.2, -0.15) is 19.2 Å². The fourth-order valence-electron chi connectivity index (χ4n) is 10.4. The number of aliphatic hydroxyl groups is 1. The molecule has 4 aromatic carbocycles. The van der Waals surface area contributed by atoms with Gasteiger partial charge < -0.3 is 14.6 Å². The van der Waals surface area contributed by atoms with Crippen molar-refractivity contribution in [3.63, 3.8) is 0 Å². The van der Waals surface area contributed by atoms with Gasteiger partial charge >= 0.3 is 12.3 Å². The third-order valence-electron chi connectivity index (χ3n) is 13.1. The SMILES string of the molecule is Cc1ccc2c(c1)CC(c1ccccc1SCCO)=C2C1CCCCC1.Cc1ccc2c(c1)CC(c1ccccc1SCCOC1CCCCO1)=C2C1CCCCC1.O=C=O.O=C=O. The van der Waals surface area contributed by atoms with Crippen LogP contribution >= 0.6 is 23.5 Å². The van der Waals surface area contributed by atoms with Crippen molar-refractivity contribution in [2.24, 2.45) is 11.8 Å². The lowest BCUT2D eigenvalue weighted by molar-refractivity contribution is -0.193. The van der Waals surface area contributed by atoms with E-state index < -0.39 is 0 Å². The maximum atomic E-state index is 9.28. The summed E-state index contributed by atoms with van der Waals surface area (Å²) in [4.78, 5) is 35.2. The number of benzene rings is 4.